The topological polar surface area (TPSA) is 233 Å². The molecule has 16 saturated heterocycles. The maximum atomic E-state index is 14.7. The van der Waals surface area contributed by atoms with Gasteiger partial charge in [-0.3, -0.25) is 4.79 Å². The Morgan fingerprint density at radius 1 is 0.610 bits per heavy atom. The third-order valence-electron chi connectivity index (χ3n) is 23.7. The highest BCUT2D eigenvalue weighted by Gasteiger charge is 2.94. The molecule has 4 spiro atoms. The Bertz CT molecular complexity index is 2500. The van der Waals surface area contributed by atoms with Crippen molar-refractivity contribution in [3.63, 3.8) is 0 Å². The molecule has 17 rings (SSSR count). The summed E-state index contributed by atoms with van der Waals surface area (Å²) in [6.45, 7) is 15.4. The van der Waals surface area contributed by atoms with E-state index in [1.807, 2.05) is 0 Å². The van der Waals surface area contributed by atoms with Crippen molar-refractivity contribution in [2.75, 3.05) is 6.61 Å². The van der Waals surface area contributed by atoms with Gasteiger partial charge < -0.3 is 91.2 Å². The standard InChI is InChI=1S/C62H88O20/c1-27-15-34-9-11-38-28(2)16-37(68-38)13-14-60-47(26-64)61(67)57-56-49(62(57,81-60)82-61)55(80-60)54-39(73-56)12-10-36(71-54)18-48(66)75-53-32(6)52-43(72-42(53)19-40(69-34)31(27)5)20-41-45(74-52)23-59(76-41)24-46-51(79-59)30(4)22-58(78-46)21-29(3)50-44(77-58)17-35(70-50)8-7-33(65)25-63/h26-30,32-47,49-57,63,65,67H,5,7-25H2,1-4,6H3/t27-,28?,29+,30+,32+,33-,34+,35-,36?,37?,38+,39?,40?,41-,42+,43+,44?,45-,46?,47?,49?,50?,51?,52+,53?,54+,55?,56-,57?,58-,59-,60-,61?,62?/m1/s1. The number of rotatable bonds is 5. The predicted molar refractivity (Wildman–Crippen MR) is 281 cm³/mol. The van der Waals surface area contributed by atoms with E-state index in [9.17, 15) is 24.9 Å². The van der Waals surface area contributed by atoms with E-state index in [4.69, 9.17) is 71.1 Å². The molecule has 20 nitrogen and oxygen atoms in total. The molecule has 0 aromatic rings. The highest BCUT2D eigenvalue weighted by Crippen LogP contribution is 2.77. The lowest BCUT2D eigenvalue weighted by Gasteiger charge is -2.83. The largest absolute Gasteiger partial charge is 0.459 e. The van der Waals surface area contributed by atoms with E-state index in [0.29, 0.717) is 83.0 Å². The zero-order chi connectivity index (χ0) is 56.1. The summed E-state index contributed by atoms with van der Waals surface area (Å²) in [4.78, 5) is 27.8. The van der Waals surface area contributed by atoms with E-state index >= 15 is 0 Å². The minimum Gasteiger partial charge on any atom is -0.459 e. The fourth-order valence-corrected chi connectivity index (χ4v) is 19.9. The van der Waals surface area contributed by atoms with Gasteiger partial charge in [-0.15, -0.1) is 0 Å². The minimum atomic E-state index is -1.77. The Morgan fingerprint density at radius 2 is 1.34 bits per heavy atom. The van der Waals surface area contributed by atoms with Gasteiger partial charge in [0.2, 0.25) is 0 Å². The van der Waals surface area contributed by atoms with Crippen LogP contribution in [-0.4, -0.2) is 191 Å². The summed E-state index contributed by atoms with van der Waals surface area (Å²) in [5.74, 6) is -7.89. The fourth-order valence-electron chi connectivity index (χ4n) is 19.9. The van der Waals surface area contributed by atoms with Gasteiger partial charge in [-0.25, -0.2) is 0 Å². The number of carbonyl (C=O) groups excluding carboxylic acids is 2. The van der Waals surface area contributed by atoms with Gasteiger partial charge in [0.05, 0.1) is 135 Å². The van der Waals surface area contributed by atoms with Gasteiger partial charge in [0.1, 0.15) is 30.5 Å². The molecule has 16 aliphatic heterocycles. The SMILES string of the molecule is C=C1C2C[C@@H]3O[C@H]4C[C@H]5O[C@]6(CC7O[C@]8(C[C@H](C)C9O[C@H](CC[C@@H](O)CO)CC9O8)C[C@H](C)C7O6)C[C@H]5O[C@H]4[C@H](C)C3OC(=O)CC3CCC4O[C@@H]5C6C(O[C@]7(CCC8CC(C)[C@H](CC[C@@H](C[C@H]1C)O2)O8)OC61OC(O)(C51)C7C=O)[C@H]4O3. The Kier molecular flexibility index (Phi) is 13.4. The molecule has 17 fully saturated rings. The molecule has 1 saturated carbocycles. The second-order valence-corrected chi connectivity index (χ2v) is 29.1. The third kappa shape index (κ3) is 8.50. The molecule has 20 heteroatoms. The molecule has 3 N–H and O–H groups in total. The number of ether oxygens (including phenoxy) is 15. The van der Waals surface area contributed by atoms with Gasteiger partial charge in [-0.2, -0.15) is 0 Å². The monoisotopic (exact) mass is 1150 g/mol. The van der Waals surface area contributed by atoms with Crippen LogP contribution in [0.4, 0.5) is 0 Å². The van der Waals surface area contributed by atoms with Crippen LogP contribution in [0, 0.1) is 47.3 Å². The number of aliphatic hydroxyl groups excluding tert-OH is 2. The zero-order valence-corrected chi connectivity index (χ0v) is 48.2. The number of hydrogen-bond donors (Lipinski definition) is 3. The Morgan fingerprint density at radius 3 is 2.17 bits per heavy atom. The average molecular weight is 1150 g/mol. The van der Waals surface area contributed by atoms with Crippen LogP contribution in [-0.2, 0) is 80.6 Å². The maximum absolute atomic E-state index is 14.7. The van der Waals surface area contributed by atoms with Crippen LogP contribution in [0.25, 0.3) is 0 Å². The molecule has 456 valence electrons. The van der Waals surface area contributed by atoms with E-state index in [1.165, 1.54) is 0 Å². The summed E-state index contributed by atoms with van der Waals surface area (Å²) in [6.07, 6.45) is 4.75. The van der Waals surface area contributed by atoms with E-state index in [0.717, 1.165) is 44.0 Å². The molecule has 10 bridgehead atoms. The van der Waals surface area contributed by atoms with Crippen molar-refractivity contribution >= 4 is 12.3 Å². The highest BCUT2D eigenvalue weighted by atomic mass is 16.9. The lowest BCUT2D eigenvalue weighted by atomic mass is 9.48. The molecule has 17 aliphatic rings. The predicted octanol–water partition coefficient (Wildman–Crippen LogP) is 4.98. The van der Waals surface area contributed by atoms with Gasteiger partial charge in [0.25, 0.3) is 0 Å². The quantitative estimate of drug-likeness (QED) is 0.187. The van der Waals surface area contributed by atoms with Gasteiger partial charge in [-0.1, -0.05) is 41.2 Å². The first kappa shape index (κ1) is 55.5. The normalized spacial score (nSPS) is 60.0. The first-order chi connectivity index (χ1) is 39.4. The minimum absolute atomic E-state index is 0.0000976. The summed E-state index contributed by atoms with van der Waals surface area (Å²) < 4.78 is 104. The molecule has 34 atom stereocenters. The van der Waals surface area contributed by atoms with E-state index < -0.39 is 95.6 Å². The zero-order valence-electron chi connectivity index (χ0n) is 48.2. The van der Waals surface area contributed by atoms with Crippen molar-refractivity contribution in [2.24, 2.45) is 47.3 Å². The van der Waals surface area contributed by atoms with Crippen molar-refractivity contribution in [1.82, 2.24) is 0 Å². The Hall–Kier alpha value is -1.80. The fraction of sp³-hybridized carbons (Fsp3) is 0.935. The van der Waals surface area contributed by atoms with Crippen LogP contribution in [0.2, 0.25) is 0 Å². The maximum Gasteiger partial charge on any atom is 0.308 e. The van der Waals surface area contributed by atoms with Gasteiger partial charge in [0.15, 0.2) is 28.9 Å². The lowest BCUT2D eigenvalue weighted by molar-refractivity contribution is -0.682. The first-order valence-corrected chi connectivity index (χ1v) is 32.1. The Balaban J connectivity index is 0.638. The second kappa shape index (κ2) is 19.9. The Labute approximate surface area is 480 Å². The summed E-state index contributed by atoms with van der Waals surface area (Å²) in [5.41, 5.74) is 1.02. The number of hydrogen-bond acceptors (Lipinski definition) is 20. The van der Waals surface area contributed by atoms with Crippen LogP contribution in [0.3, 0.4) is 0 Å². The molecule has 0 aromatic heterocycles. The van der Waals surface area contributed by atoms with Crippen molar-refractivity contribution in [1.29, 1.82) is 0 Å². The van der Waals surface area contributed by atoms with E-state index in [2.05, 4.69) is 41.2 Å². The molecule has 0 radical (unpaired) electrons. The molecule has 1 aliphatic carbocycles. The number of esters is 1. The number of aliphatic hydroxyl groups is 3. The smallest absolute Gasteiger partial charge is 0.308 e. The molecule has 82 heavy (non-hydrogen) atoms. The second-order valence-electron chi connectivity index (χ2n) is 29.1. The van der Waals surface area contributed by atoms with Crippen molar-refractivity contribution < 1.29 is 96.0 Å². The third-order valence-corrected chi connectivity index (χ3v) is 23.7. The summed E-state index contributed by atoms with van der Waals surface area (Å²) in [7, 11) is 0. The molecular weight excluding hydrogens is 1060 g/mol. The van der Waals surface area contributed by atoms with Crippen LogP contribution >= 0.6 is 0 Å². The molecular formula is C62H88O20. The molecule has 0 amide bonds. The highest BCUT2D eigenvalue weighted by molar-refractivity contribution is 5.70. The first-order valence-electron chi connectivity index (χ1n) is 32.1. The van der Waals surface area contributed by atoms with Gasteiger partial charge in [-0.05, 0) is 87.0 Å². The van der Waals surface area contributed by atoms with Crippen molar-refractivity contribution in [2.45, 2.75) is 307 Å². The number of carbonyl (C=O) groups is 2. The van der Waals surface area contributed by atoms with Crippen molar-refractivity contribution in [3.05, 3.63) is 12.2 Å². The van der Waals surface area contributed by atoms with Crippen LogP contribution in [0.15, 0.2) is 12.2 Å². The number of aldehydes is 1. The molecule has 0 aromatic carbocycles. The van der Waals surface area contributed by atoms with E-state index in [-0.39, 0.29) is 122 Å². The summed E-state index contributed by atoms with van der Waals surface area (Å²) in [5, 5.41) is 31.5. The van der Waals surface area contributed by atoms with Gasteiger partial charge >= 0.3 is 5.97 Å². The van der Waals surface area contributed by atoms with Crippen LogP contribution in [0.5, 0.6) is 0 Å². The molecule has 16 unspecified atom stereocenters. The number of fused-ring (bicyclic) bond motifs is 10. The van der Waals surface area contributed by atoms with Gasteiger partial charge in [0, 0.05) is 57.3 Å². The lowest BCUT2D eigenvalue weighted by Crippen LogP contribution is -2.99. The van der Waals surface area contributed by atoms with E-state index in [1.54, 1.807) is 0 Å². The van der Waals surface area contributed by atoms with Crippen molar-refractivity contribution in [3.8, 4) is 0 Å². The average Bonchev–Trinajstić information content (AvgIpc) is 0.783. The summed E-state index contributed by atoms with van der Waals surface area (Å²) >= 11 is 0. The van der Waals surface area contributed by atoms with Crippen LogP contribution in [0.1, 0.15) is 150 Å². The van der Waals surface area contributed by atoms with Crippen LogP contribution < -0.4 is 0 Å². The summed E-state index contributed by atoms with van der Waals surface area (Å²) in [6, 6.07) is 0. The molecule has 16 heterocycles.